The van der Waals surface area contributed by atoms with Crippen molar-refractivity contribution in [1.29, 1.82) is 0 Å². The SMILES string of the molecule is O=C(CCCCCCC(=O)Nc1ccc2c(c1)CCCC2=O)NOC1CCCCO1. The summed E-state index contributed by atoms with van der Waals surface area (Å²) in [5, 5.41) is 2.92. The van der Waals surface area contributed by atoms with E-state index in [2.05, 4.69) is 10.8 Å². The van der Waals surface area contributed by atoms with Crippen LogP contribution >= 0.6 is 0 Å². The molecule has 1 aliphatic heterocycles. The lowest BCUT2D eigenvalue weighted by molar-refractivity contribution is -0.200. The van der Waals surface area contributed by atoms with E-state index in [0.29, 0.717) is 25.9 Å². The van der Waals surface area contributed by atoms with Gasteiger partial charge in [-0.05, 0) is 62.3 Å². The molecule has 1 saturated heterocycles. The average molecular weight is 417 g/mol. The second kappa shape index (κ2) is 11.8. The van der Waals surface area contributed by atoms with Gasteiger partial charge in [0.05, 0.1) is 0 Å². The third kappa shape index (κ3) is 7.22. The molecule has 0 spiro atoms. The zero-order valence-electron chi connectivity index (χ0n) is 17.5. The number of hydroxylamine groups is 1. The van der Waals surface area contributed by atoms with Crippen LogP contribution in [0.4, 0.5) is 5.69 Å². The van der Waals surface area contributed by atoms with Crippen LogP contribution in [0.25, 0.3) is 0 Å². The van der Waals surface area contributed by atoms with Gasteiger partial charge in [0.2, 0.25) is 11.8 Å². The molecule has 3 rings (SSSR count). The Balaban J connectivity index is 1.24. The van der Waals surface area contributed by atoms with E-state index in [-0.39, 0.29) is 23.9 Å². The fraction of sp³-hybridized carbons (Fsp3) is 0.609. The number of ketones is 1. The number of carbonyl (C=O) groups excluding carboxylic acids is 3. The molecule has 0 radical (unpaired) electrons. The van der Waals surface area contributed by atoms with Crippen LogP contribution in [0, 0.1) is 0 Å². The molecule has 0 aromatic heterocycles. The van der Waals surface area contributed by atoms with Crippen molar-refractivity contribution in [1.82, 2.24) is 5.48 Å². The molecular weight excluding hydrogens is 384 g/mol. The van der Waals surface area contributed by atoms with Crippen molar-refractivity contribution in [3.8, 4) is 0 Å². The third-order valence-electron chi connectivity index (χ3n) is 5.54. The molecule has 30 heavy (non-hydrogen) atoms. The van der Waals surface area contributed by atoms with E-state index in [0.717, 1.165) is 74.6 Å². The highest BCUT2D eigenvalue weighted by atomic mass is 16.8. The minimum absolute atomic E-state index is 0.0179. The Kier molecular flexibility index (Phi) is 8.83. The quantitative estimate of drug-likeness (QED) is 0.443. The molecular formula is C23H32N2O5. The summed E-state index contributed by atoms with van der Waals surface area (Å²) in [4.78, 5) is 41.1. The lowest BCUT2D eigenvalue weighted by Crippen LogP contribution is -2.32. The molecule has 1 unspecified atom stereocenters. The second-order valence-corrected chi connectivity index (χ2v) is 8.05. The highest BCUT2D eigenvalue weighted by Gasteiger charge is 2.17. The molecule has 2 amide bonds. The Morgan fingerprint density at radius 1 is 1.00 bits per heavy atom. The number of anilines is 1. The van der Waals surface area contributed by atoms with Crippen molar-refractivity contribution in [2.45, 2.75) is 83.3 Å². The number of ether oxygens (including phenoxy) is 1. The van der Waals surface area contributed by atoms with E-state index in [1.807, 2.05) is 12.1 Å². The highest BCUT2D eigenvalue weighted by Crippen LogP contribution is 2.24. The van der Waals surface area contributed by atoms with Gasteiger partial charge in [0, 0.05) is 43.5 Å². The average Bonchev–Trinajstić information content (AvgIpc) is 2.75. The Morgan fingerprint density at radius 3 is 2.57 bits per heavy atom. The Bertz CT molecular complexity index is 743. The number of rotatable bonds is 10. The van der Waals surface area contributed by atoms with E-state index in [4.69, 9.17) is 9.57 Å². The number of hydrogen-bond acceptors (Lipinski definition) is 5. The largest absolute Gasteiger partial charge is 0.350 e. The van der Waals surface area contributed by atoms with Crippen LogP contribution in [-0.2, 0) is 25.6 Å². The summed E-state index contributed by atoms with van der Waals surface area (Å²) in [7, 11) is 0. The van der Waals surface area contributed by atoms with Crippen LogP contribution in [0.2, 0.25) is 0 Å². The predicted octanol–water partition coefficient (Wildman–Crippen LogP) is 4.06. The van der Waals surface area contributed by atoms with Gasteiger partial charge in [-0.25, -0.2) is 10.3 Å². The number of aryl methyl sites for hydroxylation is 1. The lowest BCUT2D eigenvalue weighted by Gasteiger charge is -2.22. The standard InChI is InChI=1S/C23H32N2O5/c26-20-9-7-8-17-16-18(13-14-19(17)20)24-21(27)10-3-1-2-4-11-22(28)25-30-23-12-5-6-15-29-23/h13-14,16,23H,1-12,15H2,(H,24,27)(H,25,28). The van der Waals surface area contributed by atoms with Gasteiger partial charge in [0.15, 0.2) is 12.1 Å². The van der Waals surface area contributed by atoms with E-state index >= 15 is 0 Å². The predicted molar refractivity (Wildman–Crippen MR) is 113 cm³/mol. The maximum Gasteiger partial charge on any atom is 0.243 e. The van der Waals surface area contributed by atoms with E-state index in [1.165, 1.54) is 0 Å². The molecule has 1 aromatic rings. The van der Waals surface area contributed by atoms with Crippen molar-refractivity contribution in [3.63, 3.8) is 0 Å². The molecule has 7 nitrogen and oxygen atoms in total. The molecule has 0 bridgehead atoms. The summed E-state index contributed by atoms with van der Waals surface area (Å²) >= 11 is 0. The molecule has 0 saturated carbocycles. The van der Waals surface area contributed by atoms with E-state index < -0.39 is 0 Å². The van der Waals surface area contributed by atoms with E-state index in [9.17, 15) is 14.4 Å². The van der Waals surface area contributed by atoms with Crippen LogP contribution in [0.15, 0.2) is 18.2 Å². The van der Waals surface area contributed by atoms with Gasteiger partial charge in [-0.3, -0.25) is 14.4 Å². The zero-order valence-corrected chi connectivity index (χ0v) is 17.5. The monoisotopic (exact) mass is 416 g/mol. The number of carbonyl (C=O) groups is 3. The maximum atomic E-state index is 12.2. The first-order chi connectivity index (χ1) is 14.6. The number of Topliss-reactive ketones (excluding diaryl/α,β-unsaturated/α-hetero) is 1. The summed E-state index contributed by atoms with van der Waals surface area (Å²) in [6, 6.07) is 5.55. The topological polar surface area (TPSA) is 93.7 Å². The van der Waals surface area contributed by atoms with Crippen molar-refractivity contribution >= 4 is 23.3 Å². The van der Waals surface area contributed by atoms with Gasteiger partial charge in [-0.1, -0.05) is 12.8 Å². The van der Waals surface area contributed by atoms with Gasteiger partial charge in [0.25, 0.3) is 0 Å². The summed E-state index contributed by atoms with van der Waals surface area (Å²) in [5.74, 6) is 0.0419. The van der Waals surface area contributed by atoms with Gasteiger partial charge in [-0.2, -0.15) is 0 Å². The van der Waals surface area contributed by atoms with Crippen LogP contribution in [0.3, 0.4) is 0 Å². The third-order valence-corrected chi connectivity index (χ3v) is 5.54. The number of nitrogens with one attached hydrogen (secondary N) is 2. The normalized spacial score (nSPS) is 18.5. The first-order valence-corrected chi connectivity index (χ1v) is 11.1. The molecule has 1 aliphatic carbocycles. The van der Waals surface area contributed by atoms with Crippen LogP contribution in [0.5, 0.6) is 0 Å². The molecule has 2 N–H and O–H groups in total. The molecule has 164 valence electrons. The van der Waals surface area contributed by atoms with Crippen molar-refractivity contribution in [2.24, 2.45) is 0 Å². The number of fused-ring (bicyclic) bond motifs is 1. The van der Waals surface area contributed by atoms with Gasteiger partial charge >= 0.3 is 0 Å². The van der Waals surface area contributed by atoms with E-state index in [1.54, 1.807) is 6.07 Å². The number of amides is 2. The molecule has 7 heteroatoms. The van der Waals surface area contributed by atoms with Crippen LogP contribution in [-0.4, -0.2) is 30.5 Å². The van der Waals surface area contributed by atoms with Crippen molar-refractivity contribution < 1.29 is 24.0 Å². The maximum absolute atomic E-state index is 12.2. The summed E-state index contributed by atoms with van der Waals surface area (Å²) in [6.07, 6.45) is 9.15. The minimum Gasteiger partial charge on any atom is -0.350 e. The Hall–Kier alpha value is -2.25. The van der Waals surface area contributed by atoms with Crippen molar-refractivity contribution in [3.05, 3.63) is 29.3 Å². The summed E-state index contributed by atoms with van der Waals surface area (Å²) in [6.45, 7) is 0.681. The first kappa shape index (κ1) is 22.4. The molecule has 1 atom stereocenters. The Morgan fingerprint density at radius 2 is 1.80 bits per heavy atom. The Labute approximate surface area is 177 Å². The number of unbranched alkanes of at least 4 members (excludes halogenated alkanes) is 3. The molecule has 2 aliphatic rings. The minimum atomic E-state index is -0.322. The van der Waals surface area contributed by atoms with Crippen LogP contribution in [0.1, 0.15) is 86.6 Å². The summed E-state index contributed by atoms with van der Waals surface area (Å²) < 4.78 is 5.39. The fourth-order valence-corrected chi connectivity index (χ4v) is 3.86. The smallest absolute Gasteiger partial charge is 0.243 e. The van der Waals surface area contributed by atoms with Crippen LogP contribution < -0.4 is 10.8 Å². The van der Waals surface area contributed by atoms with Gasteiger partial charge < -0.3 is 10.1 Å². The molecule has 1 heterocycles. The molecule has 1 fully saturated rings. The molecule has 1 aromatic carbocycles. The lowest BCUT2D eigenvalue weighted by atomic mass is 9.90. The van der Waals surface area contributed by atoms with Crippen molar-refractivity contribution in [2.75, 3.05) is 11.9 Å². The zero-order chi connectivity index (χ0) is 21.2. The van der Waals surface area contributed by atoms with Gasteiger partial charge in [0.1, 0.15) is 0 Å². The van der Waals surface area contributed by atoms with Gasteiger partial charge in [-0.15, -0.1) is 0 Å². The second-order valence-electron chi connectivity index (χ2n) is 8.05. The first-order valence-electron chi connectivity index (χ1n) is 11.1. The highest BCUT2D eigenvalue weighted by molar-refractivity contribution is 5.99. The fourth-order valence-electron chi connectivity index (χ4n) is 3.86. The summed E-state index contributed by atoms with van der Waals surface area (Å²) in [5.41, 5.74) is 5.04. The number of benzene rings is 1. The number of hydrogen-bond donors (Lipinski definition) is 2.